The van der Waals surface area contributed by atoms with Crippen molar-refractivity contribution in [3.8, 4) is 17.2 Å². The molecule has 2 N–H and O–H groups in total. The number of ether oxygens (including phenoxy) is 4. The van der Waals surface area contributed by atoms with Crippen molar-refractivity contribution in [1.29, 1.82) is 0 Å². The van der Waals surface area contributed by atoms with Crippen molar-refractivity contribution >= 4 is 17.6 Å². The van der Waals surface area contributed by atoms with E-state index in [9.17, 15) is 0 Å². The van der Waals surface area contributed by atoms with E-state index in [2.05, 4.69) is 27.8 Å². The van der Waals surface area contributed by atoms with Crippen LogP contribution in [0.1, 0.15) is 23.6 Å². The number of nitrogens with one attached hydrogen (secondary N) is 2. The van der Waals surface area contributed by atoms with Crippen LogP contribution >= 0.6 is 11.6 Å². The number of halogens is 1. The molecule has 8 heteroatoms. The van der Waals surface area contributed by atoms with Crippen LogP contribution in [0.3, 0.4) is 0 Å². The number of rotatable bonds is 11. The van der Waals surface area contributed by atoms with Crippen LogP contribution in [0.2, 0.25) is 5.02 Å². The molecule has 0 unspecified atom stereocenters. The maximum Gasteiger partial charge on any atom is 0.191 e. The first-order valence-corrected chi connectivity index (χ1v) is 10.5. The zero-order valence-electron chi connectivity index (χ0n) is 18.9. The fourth-order valence-corrected chi connectivity index (χ4v) is 3.21. The Labute approximate surface area is 189 Å². The second kappa shape index (κ2) is 12.9. The second-order valence-corrected chi connectivity index (χ2v) is 7.18. The highest BCUT2D eigenvalue weighted by Gasteiger charge is 2.12. The number of aryl methyl sites for hydroxylation is 1. The third-order valence-electron chi connectivity index (χ3n) is 4.48. The van der Waals surface area contributed by atoms with Gasteiger partial charge in [0.15, 0.2) is 17.5 Å². The monoisotopic (exact) mass is 449 g/mol. The summed E-state index contributed by atoms with van der Waals surface area (Å²) in [6.07, 6.45) is 0. The van der Waals surface area contributed by atoms with E-state index >= 15 is 0 Å². The second-order valence-electron chi connectivity index (χ2n) is 6.77. The van der Waals surface area contributed by atoms with Crippen molar-refractivity contribution in [2.75, 3.05) is 41.1 Å². The first kappa shape index (κ1) is 24.6. The third kappa shape index (κ3) is 7.52. The Kier molecular flexibility index (Phi) is 10.3. The molecule has 0 saturated carbocycles. The zero-order chi connectivity index (χ0) is 22.6. The van der Waals surface area contributed by atoms with E-state index in [0.29, 0.717) is 55.4 Å². The van der Waals surface area contributed by atoms with E-state index in [0.717, 1.165) is 22.4 Å². The molecule has 0 aliphatic rings. The Bertz CT molecular complexity index is 874. The van der Waals surface area contributed by atoms with E-state index in [1.165, 1.54) is 0 Å². The molecule has 2 aromatic rings. The summed E-state index contributed by atoms with van der Waals surface area (Å²) in [6, 6.07) is 9.90. The summed E-state index contributed by atoms with van der Waals surface area (Å²) in [4.78, 5) is 4.30. The van der Waals surface area contributed by atoms with Crippen molar-refractivity contribution in [3.05, 3.63) is 52.0 Å². The zero-order valence-corrected chi connectivity index (χ0v) is 19.6. The van der Waals surface area contributed by atoms with Crippen LogP contribution in [0.5, 0.6) is 17.2 Å². The quantitative estimate of drug-likeness (QED) is 0.307. The van der Waals surface area contributed by atoms with Gasteiger partial charge in [0.1, 0.15) is 12.4 Å². The van der Waals surface area contributed by atoms with Gasteiger partial charge in [-0.2, -0.15) is 0 Å². The average molecular weight is 450 g/mol. The number of hydrogen-bond donors (Lipinski definition) is 2. The minimum Gasteiger partial charge on any atom is -0.493 e. The topological polar surface area (TPSA) is 73.3 Å². The minimum absolute atomic E-state index is 0.500. The first-order valence-electron chi connectivity index (χ1n) is 10.2. The first-order chi connectivity index (χ1) is 15.0. The molecule has 0 amide bonds. The summed E-state index contributed by atoms with van der Waals surface area (Å²) in [5.74, 6) is 2.65. The fraction of sp³-hybridized carbons (Fsp3) is 0.435. The highest BCUT2D eigenvalue weighted by Crippen LogP contribution is 2.36. The van der Waals surface area contributed by atoms with Crippen LogP contribution in [-0.4, -0.2) is 47.0 Å². The molecule has 0 aliphatic carbocycles. The Morgan fingerprint density at radius 2 is 1.77 bits per heavy atom. The van der Waals surface area contributed by atoms with Gasteiger partial charge >= 0.3 is 0 Å². The van der Waals surface area contributed by atoms with Gasteiger partial charge in [0.25, 0.3) is 0 Å². The highest BCUT2D eigenvalue weighted by molar-refractivity contribution is 6.32. The Balaban J connectivity index is 2.00. The molecular formula is C23H32ClN3O4. The molecular weight excluding hydrogens is 418 g/mol. The van der Waals surface area contributed by atoms with Crippen LogP contribution in [0.15, 0.2) is 35.3 Å². The largest absolute Gasteiger partial charge is 0.493 e. The van der Waals surface area contributed by atoms with Crippen LogP contribution in [0.4, 0.5) is 0 Å². The van der Waals surface area contributed by atoms with Crippen LogP contribution < -0.4 is 24.8 Å². The Morgan fingerprint density at radius 1 is 1.00 bits per heavy atom. The molecule has 0 aliphatic heterocycles. The van der Waals surface area contributed by atoms with E-state index in [4.69, 9.17) is 30.5 Å². The predicted octanol–water partition coefficient (Wildman–Crippen LogP) is 3.95. The van der Waals surface area contributed by atoms with Crippen molar-refractivity contribution < 1.29 is 18.9 Å². The fourth-order valence-electron chi connectivity index (χ4n) is 2.92. The van der Waals surface area contributed by atoms with Gasteiger partial charge in [0, 0.05) is 32.8 Å². The summed E-state index contributed by atoms with van der Waals surface area (Å²) in [5.41, 5.74) is 3.13. The summed E-state index contributed by atoms with van der Waals surface area (Å²) in [5, 5.41) is 7.12. The van der Waals surface area contributed by atoms with Crippen molar-refractivity contribution in [3.63, 3.8) is 0 Å². The molecule has 0 atom stereocenters. The number of methoxy groups -OCH3 is 2. The van der Waals surface area contributed by atoms with Crippen LogP contribution in [0, 0.1) is 6.92 Å². The highest BCUT2D eigenvalue weighted by atomic mass is 35.5. The van der Waals surface area contributed by atoms with Gasteiger partial charge in [0.2, 0.25) is 0 Å². The number of hydrogen-bond acceptors (Lipinski definition) is 5. The number of nitrogens with zero attached hydrogens (tertiary/aromatic N) is 1. The van der Waals surface area contributed by atoms with Crippen LogP contribution in [0.25, 0.3) is 0 Å². The number of guanidine groups is 1. The molecule has 0 fully saturated rings. The number of aliphatic imine (C=N–C) groups is 1. The molecule has 0 bridgehead atoms. The molecule has 31 heavy (non-hydrogen) atoms. The molecule has 0 saturated heterocycles. The smallest absolute Gasteiger partial charge is 0.191 e. The van der Waals surface area contributed by atoms with E-state index in [1.54, 1.807) is 21.3 Å². The van der Waals surface area contributed by atoms with E-state index in [1.807, 2.05) is 32.0 Å². The maximum absolute atomic E-state index is 6.36. The van der Waals surface area contributed by atoms with Gasteiger partial charge < -0.3 is 29.6 Å². The molecule has 0 aromatic heterocycles. The summed E-state index contributed by atoms with van der Waals surface area (Å²) in [6.45, 7) is 6.59. The Hall–Kier alpha value is -2.64. The van der Waals surface area contributed by atoms with Crippen LogP contribution in [-0.2, 0) is 17.8 Å². The summed E-state index contributed by atoms with van der Waals surface area (Å²) >= 11 is 6.36. The lowest BCUT2D eigenvalue weighted by Gasteiger charge is -2.16. The van der Waals surface area contributed by atoms with Gasteiger partial charge in [-0.1, -0.05) is 23.7 Å². The molecule has 0 heterocycles. The number of benzene rings is 2. The van der Waals surface area contributed by atoms with Crippen molar-refractivity contribution in [2.24, 2.45) is 4.99 Å². The standard InChI is InChI=1S/C23H32ClN3O4/c1-6-30-22-19(24)12-17(13-21(22)29-5)14-26-23(25-3)27-15-18-8-7-16(2)11-20(18)31-10-9-28-4/h7-8,11-13H,6,9-10,14-15H2,1-5H3,(H2,25,26,27). The minimum atomic E-state index is 0.500. The van der Waals surface area contributed by atoms with Gasteiger partial charge in [-0.25, -0.2) is 0 Å². The molecule has 7 nitrogen and oxygen atoms in total. The summed E-state index contributed by atoms with van der Waals surface area (Å²) < 4.78 is 21.9. The molecule has 170 valence electrons. The SMILES string of the molecule is CCOc1c(Cl)cc(CNC(=NC)NCc2ccc(C)cc2OCCOC)cc1OC. The lowest BCUT2D eigenvalue weighted by atomic mass is 10.1. The molecule has 0 radical (unpaired) electrons. The molecule has 0 spiro atoms. The van der Waals surface area contributed by atoms with Crippen molar-refractivity contribution in [1.82, 2.24) is 10.6 Å². The van der Waals surface area contributed by atoms with Gasteiger partial charge in [0.05, 0.1) is 25.3 Å². The normalized spacial score (nSPS) is 11.2. The average Bonchev–Trinajstić information content (AvgIpc) is 2.76. The maximum atomic E-state index is 6.36. The van der Waals surface area contributed by atoms with E-state index < -0.39 is 0 Å². The summed E-state index contributed by atoms with van der Waals surface area (Å²) in [7, 11) is 4.98. The van der Waals surface area contributed by atoms with Crippen molar-refractivity contribution in [2.45, 2.75) is 26.9 Å². The van der Waals surface area contributed by atoms with Gasteiger partial charge in [-0.3, -0.25) is 4.99 Å². The lowest BCUT2D eigenvalue weighted by Crippen LogP contribution is -2.36. The lowest BCUT2D eigenvalue weighted by molar-refractivity contribution is 0.145. The predicted molar refractivity (Wildman–Crippen MR) is 125 cm³/mol. The van der Waals surface area contributed by atoms with E-state index in [-0.39, 0.29) is 0 Å². The molecule has 2 rings (SSSR count). The third-order valence-corrected chi connectivity index (χ3v) is 4.76. The Morgan fingerprint density at radius 3 is 2.45 bits per heavy atom. The van der Waals surface area contributed by atoms with Gasteiger partial charge in [-0.05, 0) is 43.2 Å². The molecule has 2 aromatic carbocycles. The van der Waals surface area contributed by atoms with Gasteiger partial charge in [-0.15, -0.1) is 0 Å².